The second-order valence-corrected chi connectivity index (χ2v) is 6.24. The summed E-state index contributed by atoms with van der Waals surface area (Å²) in [6.07, 6.45) is 5.09. The zero-order chi connectivity index (χ0) is 14.6. The van der Waals surface area contributed by atoms with Crippen LogP contribution in [0.2, 0.25) is 0 Å². The second-order valence-electron chi connectivity index (χ2n) is 4.50. The summed E-state index contributed by atoms with van der Waals surface area (Å²) in [6, 6.07) is 5.12. The number of sulfonamides is 1. The topological polar surface area (TPSA) is 90.0 Å². The Morgan fingerprint density at radius 2 is 2.20 bits per heavy atom. The van der Waals surface area contributed by atoms with Crippen LogP contribution in [0.25, 0.3) is 0 Å². The molecule has 1 heterocycles. The van der Waals surface area contributed by atoms with E-state index < -0.39 is 10.0 Å². The summed E-state index contributed by atoms with van der Waals surface area (Å²) < 4.78 is 28.8. The second kappa shape index (κ2) is 6.17. The molecule has 0 atom stereocenters. The lowest BCUT2D eigenvalue weighted by atomic mass is 10.1. The Balaban J connectivity index is 2.06. The largest absolute Gasteiger partial charge is 0.336 e. The Labute approximate surface area is 118 Å². The Morgan fingerprint density at radius 3 is 2.80 bits per heavy atom. The van der Waals surface area contributed by atoms with Gasteiger partial charge in [0.25, 0.3) is 0 Å². The summed E-state index contributed by atoms with van der Waals surface area (Å²) in [5.74, 6) is 0. The predicted molar refractivity (Wildman–Crippen MR) is 76.5 cm³/mol. The molecule has 108 valence electrons. The van der Waals surface area contributed by atoms with E-state index in [0.717, 1.165) is 5.56 Å². The van der Waals surface area contributed by atoms with Gasteiger partial charge in [-0.2, -0.15) is 0 Å². The molecule has 0 spiro atoms. The molecule has 0 amide bonds. The first-order valence-electron chi connectivity index (χ1n) is 6.28. The lowest BCUT2D eigenvalue weighted by molar-refractivity contribution is 0.572. The van der Waals surface area contributed by atoms with Crippen molar-refractivity contribution in [1.29, 1.82) is 0 Å². The molecule has 0 bridgehead atoms. The van der Waals surface area contributed by atoms with Crippen LogP contribution in [-0.4, -0.2) is 24.5 Å². The van der Waals surface area contributed by atoms with E-state index in [-0.39, 0.29) is 0 Å². The number of aryl methyl sites for hydroxylation is 1. The third-order valence-electron chi connectivity index (χ3n) is 2.99. The van der Waals surface area contributed by atoms with Crippen molar-refractivity contribution in [2.75, 3.05) is 6.54 Å². The molecular weight excluding hydrogens is 276 g/mol. The molecule has 20 heavy (non-hydrogen) atoms. The standard InChI is InChI=1S/C13H18N4O2S/c1-11-8-12(9-14)2-3-13(11)20(18,19)16-5-7-17-6-4-15-10-17/h2-4,6,8,10,16H,5,7,9,14H2,1H3. The minimum atomic E-state index is -3.49. The normalized spacial score (nSPS) is 11.7. The van der Waals surface area contributed by atoms with Crippen LogP contribution in [-0.2, 0) is 23.1 Å². The van der Waals surface area contributed by atoms with E-state index in [9.17, 15) is 8.42 Å². The Bertz CT molecular complexity index is 666. The SMILES string of the molecule is Cc1cc(CN)ccc1S(=O)(=O)NCCn1ccnc1. The third kappa shape index (κ3) is 3.44. The molecule has 0 saturated carbocycles. The summed E-state index contributed by atoms with van der Waals surface area (Å²) >= 11 is 0. The maximum Gasteiger partial charge on any atom is 0.240 e. The van der Waals surface area contributed by atoms with Crippen LogP contribution in [0.15, 0.2) is 41.8 Å². The molecule has 0 aliphatic carbocycles. The quantitative estimate of drug-likeness (QED) is 0.817. The van der Waals surface area contributed by atoms with Gasteiger partial charge in [-0.25, -0.2) is 18.1 Å². The number of imidazole rings is 1. The van der Waals surface area contributed by atoms with Gasteiger partial charge in [-0.1, -0.05) is 12.1 Å². The lowest BCUT2D eigenvalue weighted by Crippen LogP contribution is -2.27. The van der Waals surface area contributed by atoms with Gasteiger partial charge < -0.3 is 10.3 Å². The van der Waals surface area contributed by atoms with E-state index in [1.54, 1.807) is 43.8 Å². The van der Waals surface area contributed by atoms with Gasteiger partial charge in [0.15, 0.2) is 0 Å². The maximum absolute atomic E-state index is 12.2. The molecule has 0 radical (unpaired) electrons. The molecule has 2 aromatic rings. The van der Waals surface area contributed by atoms with Gasteiger partial charge in [-0.3, -0.25) is 0 Å². The number of hydrogen-bond acceptors (Lipinski definition) is 4. The van der Waals surface area contributed by atoms with Crippen LogP contribution in [0.4, 0.5) is 0 Å². The molecule has 0 unspecified atom stereocenters. The highest BCUT2D eigenvalue weighted by atomic mass is 32.2. The van der Waals surface area contributed by atoms with E-state index in [0.29, 0.717) is 30.1 Å². The molecule has 0 saturated heterocycles. The average Bonchev–Trinajstić information content (AvgIpc) is 2.91. The molecular formula is C13H18N4O2S. The molecule has 0 aliphatic rings. The van der Waals surface area contributed by atoms with Crippen molar-refractivity contribution in [2.24, 2.45) is 5.73 Å². The van der Waals surface area contributed by atoms with Gasteiger partial charge >= 0.3 is 0 Å². The smallest absolute Gasteiger partial charge is 0.240 e. The number of nitrogens with two attached hydrogens (primary N) is 1. The number of hydrogen-bond donors (Lipinski definition) is 2. The Kier molecular flexibility index (Phi) is 4.53. The van der Waals surface area contributed by atoms with Crippen LogP contribution in [0.3, 0.4) is 0 Å². The minimum Gasteiger partial charge on any atom is -0.336 e. The van der Waals surface area contributed by atoms with Crippen LogP contribution >= 0.6 is 0 Å². The molecule has 3 N–H and O–H groups in total. The summed E-state index contributed by atoms with van der Waals surface area (Å²) in [5, 5.41) is 0. The van der Waals surface area contributed by atoms with E-state index >= 15 is 0 Å². The van der Waals surface area contributed by atoms with Crippen molar-refractivity contribution in [1.82, 2.24) is 14.3 Å². The van der Waals surface area contributed by atoms with Gasteiger partial charge in [-0.05, 0) is 24.1 Å². The van der Waals surface area contributed by atoms with E-state index in [1.165, 1.54) is 0 Å². The molecule has 2 rings (SSSR count). The molecule has 1 aromatic carbocycles. The van der Waals surface area contributed by atoms with E-state index in [1.807, 2.05) is 4.57 Å². The molecule has 6 nitrogen and oxygen atoms in total. The molecule has 7 heteroatoms. The number of benzene rings is 1. The van der Waals surface area contributed by atoms with Gasteiger partial charge in [0.05, 0.1) is 11.2 Å². The van der Waals surface area contributed by atoms with Crippen LogP contribution in [0, 0.1) is 6.92 Å². The number of aromatic nitrogens is 2. The monoisotopic (exact) mass is 294 g/mol. The van der Waals surface area contributed by atoms with Gasteiger partial charge in [0, 0.05) is 32.0 Å². The summed E-state index contributed by atoms with van der Waals surface area (Å²) in [7, 11) is -3.49. The average molecular weight is 294 g/mol. The maximum atomic E-state index is 12.2. The first kappa shape index (κ1) is 14.7. The zero-order valence-corrected chi connectivity index (χ0v) is 12.1. The van der Waals surface area contributed by atoms with E-state index in [2.05, 4.69) is 9.71 Å². The summed E-state index contributed by atoms with van der Waals surface area (Å²) in [6.45, 7) is 3.02. The molecule has 0 fully saturated rings. The van der Waals surface area contributed by atoms with Crippen molar-refractivity contribution in [3.05, 3.63) is 48.0 Å². The zero-order valence-electron chi connectivity index (χ0n) is 11.3. The lowest BCUT2D eigenvalue weighted by Gasteiger charge is -2.10. The molecule has 1 aromatic heterocycles. The van der Waals surface area contributed by atoms with E-state index in [4.69, 9.17) is 5.73 Å². The fourth-order valence-electron chi connectivity index (χ4n) is 1.95. The highest BCUT2D eigenvalue weighted by Gasteiger charge is 2.16. The Morgan fingerprint density at radius 1 is 1.40 bits per heavy atom. The number of rotatable bonds is 6. The first-order chi connectivity index (χ1) is 9.53. The number of nitrogens with one attached hydrogen (secondary N) is 1. The van der Waals surface area contributed by atoms with Gasteiger partial charge in [0.2, 0.25) is 10.0 Å². The van der Waals surface area contributed by atoms with Crippen molar-refractivity contribution in [3.63, 3.8) is 0 Å². The van der Waals surface area contributed by atoms with Crippen molar-refractivity contribution in [2.45, 2.75) is 24.9 Å². The summed E-state index contributed by atoms with van der Waals surface area (Å²) in [5.41, 5.74) is 7.15. The first-order valence-corrected chi connectivity index (χ1v) is 7.76. The highest BCUT2D eigenvalue weighted by molar-refractivity contribution is 7.89. The van der Waals surface area contributed by atoms with Crippen LogP contribution < -0.4 is 10.5 Å². The minimum absolute atomic E-state index is 0.292. The fraction of sp³-hybridized carbons (Fsp3) is 0.308. The van der Waals surface area contributed by atoms with Crippen LogP contribution in [0.5, 0.6) is 0 Å². The van der Waals surface area contributed by atoms with Crippen molar-refractivity contribution >= 4 is 10.0 Å². The number of nitrogens with zero attached hydrogens (tertiary/aromatic N) is 2. The third-order valence-corrected chi connectivity index (χ3v) is 4.61. The van der Waals surface area contributed by atoms with Crippen molar-refractivity contribution in [3.8, 4) is 0 Å². The fourth-order valence-corrected chi connectivity index (χ4v) is 3.19. The van der Waals surface area contributed by atoms with Gasteiger partial charge in [-0.15, -0.1) is 0 Å². The summed E-state index contributed by atoms with van der Waals surface area (Å²) in [4.78, 5) is 4.19. The van der Waals surface area contributed by atoms with Gasteiger partial charge in [0.1, 0.15) is 0 Å². The Hall–Kier alpha value is -1.70. The highest BCUT2D eigenvalue weighted by Crippen LogP contribution is 2.16. The molecule has 0 aliphatic heterocycles. The van der Waals surface area contributed by atoms with Crippen LogP contribution in [0.1, 0.15) is 11.1 Å². The van der Waals surface area contributed by atoms with Crippen molar-refractivity contribution < 1.29 is 8.42 Å². The predicted octanol–water partition coefficient (Wildman–Crippen LogP) is 0.629.